The zero-order valence-corrected chi connectivity index (χ0v) is 14.7. The van der Waals surface area contributed by atoms with Crippen LogP contribution in [-0.4, -0.2) is 36.1 Å². The van der Waals surface area contributed by atoms with Crippen LogP contribution in [-0.2, 0) is 16.1 Å². The van der Waals surface area contributed by atoms with E-state index in [-0.39, 0.29) is 12.5 Å². The topological polar surface area (TPSA) is 71.8 Å². The lowest BCUT2D eigenvalue weighted by Gasteiger charge is -2.44. The fourth-order valence-electron chi connectivity index (χ4n) is 4.09. The summed E-state index contributed by atoms with van der Waals surface area (Å²) in [5.41, 5.74) is 0. The standard InChI is InChI=1S/C19H28N2O4/c22-18(21-11-3-7-15-6-1-2-9-17(15)21)10-5-13-25-19(23)20-14-16-8-4-12-24-16/h4,8,12,15,17H,1-3,5-7,9-11,13-14H2,(H,20,23). The van der Waals surface area contributed by atoms with Crippen LogP contribution in [0.25, 0.3) is 0 Å². The summed E-state index contributed by atoms with van der Waals surface area (Å²) in [4.78, 5) is 26.2. The fourth-order valence-corrected chi connectivity index (χ4v) is 4.09. The lowest BCUT2D eigenvalue weighted by molar-refractivity contribution is -0.137. The maximum atomic E-state index is 12.5. The van der Waals surface area contributed by atoms with Gasteiger partial charge in [-0.3, -0.25) is 4.79 Å². The third kappa shape index (κ3) is 5.00. The molecular formula is C19H28N2O4. The minimum absolute atomic E-state index is 0.219. The van der Waals surface area contributed by atoms with Gasteiger partial charge in [0.25, 0.3) is 0 Å². The largest absolute Gasteiger partial charge is 0.467 e. The van der Waals surface area contributed by atoms with Crippen molar-refractivity contribution in [2.24, 2.45) is 5.92 Å². The molecule has 6 nitrogen and oxygen atoms in total. The zero-order valence-electron chi connectivity index (χ0n) is 14.7. The summed E-state index contributed by atoms with van der Waals surface area (Å²) >= 11 is 0. The number of nitrogens with zero attached hydrogens (tertiary/aromatic N) is 1. The van der Waals surface area contributed by atoms with Crippen LogP contribution in [0.1, 0.15) is 57.1 Å². The van der Waals surface area contributed by atoms with Crippen molar-refractivity contribution >= 4 is 12.0 Å². The van der Waals surface area contributed by atoms with Crippen molar-refractivity contribution in [1.82, 2.24) is 10.2 Å². The Balaban J connectivity index is 1.32. The number of alkyl carbamates (subject to hydrolysis) is 1. The van der Waals surface area contributed by atoms with Gasteiger partial charge in [0.05, 0.1) is 19.4 Å². The number of amides is 2. The molecule has 138 valence electrons. The van der Waals surface area contributed by atoms with E-state index in [9.17, 15) is 9.59 Å². The lowest BCUT2D eigenvalue weighted by atomic mass is 9.78. The zero-order chi connectivity index (χ0) is 17.5. The highest BCUT2D eigenvalue weighted by molar-refractivity contribution is 5.76. The average Bonchev–Trinajstić information content (AvgIpc) is 3.16. The van der Waals surface area contributed by atoms with E-state index >= 15 is 0 Å². The number of furan rings is 1. The molecule has 1 aromatic rings. The highest BCUT2D eigenvalue weighted by Crippen LogP contribution is 2.35. The predicted molar refractivity (Wildman–Crippen MR) is 92.8 cm³/mol. The van der Waals surface area contributed by atoms with E-state index in [0.29, 0.717) is 37.1 Å². The minimum atomic E-state index is -0.478. The van der Waals surface area contributed by atoms with E-state index in [1.54, 1.807) is 18.4 Å². The molecule has 0 spiro atoms. The maximum Gasteiger partial charge on any atom is 0.407 e. The average molecular weight is 348 g/mol. The molecule has 1 saturated carbocycles. The second-order valence-corrected chi connectivity index (χ2v) is 7.01. The Hall–Kier alpha value is -1.98. The molecule has 1 aromatic heterocycles. The van der Waals surface area contributed by atoms with Gasteiger partial charge in [0.1, 0.15) is 5.76 Å². The number of piperidine rings is 1. The van der Waals surface area contributed by atoms with Gasteiger partial charge in [-0.25, -0.2) is 4.79 Å². The van der Waals surface area contributed by atoms with Gasteiger partial charge in [-0.15, -0.1) is 0 Å². The van der Waals surface area contributed by atoms with Crippen LogP contribution in [0.15, 0.2) is 22.8 Å². The SMILES string of the molecule is O=C(NCc1ccco1)OCCCC(=O)N1CCCC2CCCCC21. The molecule has 2 aliphatic rings. The number of hydrogen-bond acceptors (Lipinski definition) is 4. The molecule has 1 N–H and O–H groups in total. The second-order valence-electron chi connectivity index (χ2n) is 7.01. The molecule has 0 aromatic carbocycles. The minimum Gasteiger partial charge on any atom is -0.467 e. The fraction of sp³-hybridized carbons (Fsp3) is 0.684. The van der Waals surface area contributed by atoms with E-state index in [2.05, 4.69) is 10.2 Å². The summed E-state index contributed by atoms with van der Waals surface area (Å²) < 4.78 is 10.3. The molecule has 2 unspecified atom stereocenters. The lowest BCUT2D eigenvalue weighted by Crippen LogP contribution is -2.49. The van der Waals surface area contributed by atoms with Crippen molar-refractivity contribution in [3.8, 4) is 0 Å². The molecule has 1 aliphatic heterocycles. The Morgan fingerprint density at radius 2 is 2.08 bits per heavy atom. The van der Waals surface area contributed by atoms with Gasteiger partial charge in [-0.1, -0.05) is 12.8 Å². The summed E-state index contributed by atoms with van der Waals surface area (Å²) in [5.74, 6) is 1.60. The third-order valence-electron chi connectivity index (χ3n) is 5.32. The molecule has 2 heterocycles. The summed E-state index contributed by atoms with van der Waals surface area (Å²) in [6.45, 7) is 1.46. The normalized spacial score (nSPS) is 23.0. The molecule has 25 heavy (non-hydrogen) atoms. The van der Waals surface area contributed by atoms with Crippen LogP contribution in [0.3, 0.4) is 0 Å². The number of ether oxygens (including phenoxy) is 1. The summed E-state index contributed by atoms with van der Waals surface area (Å²) in [6.07, 6.45) is 9.48. The third-order valence-corrected chi connectivity index (χ3v) is 5.32. The Bertz CT molecular complexity index is 556. The molecule has 0 bridgehead atoms. The molecule has 3 rings (SSSR count). The molecule has 1 aliphatic carbocycles. The number of nitrogens with one attached hydrogen (secondary N) is 1. The monoisotopic (exact) mass is 348 g/mol. The maximum absolute atomic E-state index is 12.5. The van der Waals surface area contributed by atoms with Gasteiger partial charge >= 0.3 is 6.09 Å². The van der Waals surface area contributed by atoms with E-state index < -0.39 is 6.09 Å². The van der Waals surface area contributed by atoms with Gasteiger partial charge < -0.3 is 19.4 Å². The van der Waals surface area contributed by atoms with Crippen LogP contribution < -0.4 is 5.32 Å². The Kier molecular flexibility index (Phi) is 6.36. The first-order valence-electron chi connectivity index (χ1n) is 9.46. The van der Waals surface area contributed by atoms with Crippen molar-refractivity contribution in [3.05, 3.63) is 24.2 Å². The number of carbonyl (C=O) groups is 2. The Morgan fingerprint density at radius 3 is 2.92 bits per heavy atom. The molecular weight excluding hydrogens is 320 g/mol. The van der Waals surface area contributed by atoms with Crippen molar-refractivity contribution in [2.75, 3.05) is 13.2 Å². The number of carbonyl (C=O) groups excluding carboxylic acids is 2. The van der Waals surface area contributed by atoms with E-state index in [1.807, 2.05) is 0 Å². The summed E-state index contributed by atoms with van der Waals surface area (Å²) in [6, 6.07) is 4.01. The van der Waals surface area contributed by atoms with Crippen molar-refractivity contribution in [2.45, 2.75) is 64.0 Å². The molecule has 1 saturated heterocycles. The molecule has 2 fully saturated rings. The molecule has 6 heteroatoms. The van der Waals surface area contributed by atoms with Gasteiger partial charge in [0.2, 0.25) is 5.91 Å². The predicted octanol–water partition coefficient (Wildman–Crippen LogP) is 3.47. The number of rotatable bonds is 6. The first-order chi connectivity index (χ1) is 12.2. The number of fused-ring (bicyclic) bond motifs is 1. The smallest absolute Gasteiger partial charge is 0.407 e. The van der Waals surface area contributed by atoms with Gasteiger partial charge in [0, 0.05) is 19.0 Å². The van der Waals surface area contributed by atoms with Crippen molar-refractivity contribution in [1.29, 1.82) is 0 Å². The van der Waals surface area contributed by atoms with Gasteiger partial charge in [-0.05, 0) is 50.2 Å². The first kappa shape index (κ1) is 17.8. The molecule has 2 amide bonds. The van der Waals surface area contributed by atoms with Crippen LogP contribution in [0, 0.1) is 5.92 Å². The van der Waals surface area contributed by atoms with Crippen molar-refractivity contribution in [3.63, 3.8) is 0 Å². The Morgan fingerprint density at radius 1 is 1.24 bits per heavy atom. The molecule has 2 atom stereocenters. The van der Waals surface area contributed by atoms with E-state index in [0.717, 1.165) is 19.4 Å². The van der Waals surface area contributed by atoms with E-state index in [1.165, 1.54) is 25.7 Å². The highest BCUT2D eigenvalue weighted by Gasteiger charge is 2.35. The number of likely N-dealkylation sites (tertiary alicyclic amines) is 1. The van der Waals surface area contributed by atoms with E-state index in [4.69, 9.17) is 9.15 Å². The van der Waals surface area contributed by atoms with Crippen LogP contribution in [0.2, 0.25) is 0 Å². The molecule has 0 radical (unpaired) electrons. The van der Waals surface area contributed by atoms with Crippen LogP contribution in [0.5, 0.6) is 0 Å². The second kappa shape index (κ2) is 8.92. The van der Waals surface area contributed by atoms with Crippen molar-refractivity contribution < 1.29 is 18.7 Å². The highest BCUT2D eigenvalue weighted by atomic mass is 16.5. The summed E-state index contributed by atoms with van der Waals surface area (Å²) in [7, 11) is 0. The Labute approximate surface area is 148 Å². The number of hydrogen-bond donors (Lipinski definition) is 1. The van der Waals surface area contributed by atoms with Gasteiger partial charge in [0.15, 0.2) is 0 Å². The van der Waals surface area contributed by atoms with Gasteiger partial charge in [-0.2, -0.15) is 0 Å². The summed E-state index contributed by atoms with van der Waals surface area (Å²) in [5, 5.41) is 2.62. The van der Waals surface area contributed by atoms with Crippen LogP contribution >= 0.6 is 0 Å². The quantitative estimate of drug-likeness (QED) is 0.799. The van der Waals surface area contributed by atoms with Crippen LogP contribution in [0.4, 0.5) is 4.79 Å². The first-order valence-corrected chi connectivity index (χ1v) is 9.46.